The molecule has 34 heavy (non-hydrogen) atoms. The molecule has 1 aliphatic heterocycles. The second kappa shape index (κ2) is 9.21. The molecule has 1 aromatic heterocycles. The smallest absolute Gasteiger partial charge is 0.264 e. The first-order valence-electron chi connectivity index (χ1n) is 11.5. The number of rotatable bonds is 6. The Morgan fingerprint density at radius 3 is 2.47 bits per heavy atom. The van der Waals surface area contributed by atoms with E-state index in [1.54, 1.807) is 36.4 Å². The van der Waals surface area contributed by atoms with Crippen molar-refractivity contribution in [1.82, 2.24) is 14.9 Å². The van der Waals surface area contributed by atoms with E-state index in [1.807, 2.05) is 4.90 Å². The fraction of sp³-hybridized carbons (Fsp3) is 0.400. The highest BCUT2D eigenvalue weighted by atomic mass is 32.2. The van der Waals surface area contributed by atoms with Crippen molar-refractivity contribution >= 4 is 38.5 Å². The molecular weight excluding hydrogens is 450 g/mol. The zero-order chi connectivity index (χ0) is 24.5. The fourth-order valence-electron chi connectivity index (χ4n) is 4.76. The van der Waals surface area contributed by atoms with Crippen LogP contribution in [0.2, 0.25) is 0 Å². The van der Waals surface area contributed by atoms with Crippen molar-refractivity contribution in [3.05, 3.63) is 54.2 Å². The summed E-state index contributed by atoms with van der Waals surface area (Å²) in [6.45, 7) is 8.27. The van der Waals surface area contributed by atoms with Gasteiger partial charge in [0, 0.05) is 24.3 Å². The lowest BCUT2D eigenvalue weighted by Crippen LogP contribution is -2.42. The number of amides is 1. The zero-order valence-corrected chi connectivity index (χ0v) is 20.6. The number of hydrogen-bond donors (Lipinski definition) is 2. The first kappa shape index (κ1) is 23.9. The number of nitrogens with one attached hydrogen (secondary N) is 1. The number of likely N-dealkylation sites (tertiary alicyclic amines) is 1. The highest BCUT2D eigenvalue weighted by Crippen LogP contribution is 2.37. The van der Waals surface area contributed by atoms with Gasteiger partial charge in [-0.05, 0) is 67.0 Å². The van der Waals surface area contributed by atoms with Gasteiger partial charge in [0.15, 0.2) is 0 Å². The average Bonchev–Trinajstić information content (AvgIpc) is 2.78. The van der Waals surface area contributed by atoms with Crippen LogP contribution in [0.3, 0.4) is 0 Å². The van der Waals surface area contributed by atoms with Crippen molar-refractivity contribution in [1.29, 1.82) is 0 Å². The number of nitrogens with zero attached hydrogens (tertiary/aromatic N) is 3. The molecule has 0 unspecified atom stereocenters. The fourth-order valence-corrected chi connectivity index (χ4v) is 5.99. The van der Waals surface area contributed by atoms with Gasteiger partial charge in [0.1, 0.15) is 16.2 Å². The van der Waals surface area contributed by atoms with E-state index in [1.165, 1.54) is 18.7 Å². The Balaban J connectivity index is 1.46. The SMILES string of the molecule is CC(C)CC1(C)CCN(C(=O)c2ccc(NS(=O)(=O)c3cccc4nc(N)cnc34)cc2)CC1. The molecule has 1 aliphatic rings. The van der Waals surface area contributed by atoms with E-state index < -0.39 is 10.0 Å². The maximum absolute atomic E-state index is 13.0. The molecule has 0 radical (unpaired) electrons. The summed E-state index contributed by atoms with van der Waals surface area (Å²) in [5.41, 5.74) is 7.49. The van der Waals surface area contributed by atoms with E-state index in [4.69, 9.17) is 5.73 Å². The number of carbonyl (C=O) groups excluding carboxylic acids is 1. The van der Waals surface area contributed by atoms with Crippen LogP contribution in [0.4, 0.5) is 11.5 Å². The molecule has 2 aromatic carbocycles. The molecule has 180 valence electrons. The minimum Gasteiger partial charge on any atom is -0.382 e. The van der Waals surface area contributed by atoms with Crippen molar-refractivity contribution in [3.8, 4) is 0 Å². The minimum atomic E-state index is -3.92. The van der Waals surface area contributed by atoms with Crippen LogP contribution >= 0.6 is 0 Å². The standard InChI is InChI=1S/C25H31N5O3S/c1-17(2)15-25(3)11-13-30(14-12-25)24(31)18-7-9-19(10-8-18)29-34(32,33)21-6-4-5-20-23(21)27-16-22(26)28-20/h4-10,16-17,29H,11-15H2,1-3H3,(H2,26,28). The highest BCUT2D eigenvalue weighted by molar-refractivity contribution is 7.93. The number of hydrogen-bond acceptors (Lipinski definition) is 6. The van der Waals surface area contributed by atoms with Gasteiger partial charge in [0.25, 0.3) is 15.9 Å². The Kier molecular flexibility index (Phi) is 6.49. The summed E-state index contributed by atoms with van der Waals surface area (Å²) in [4.78, 5) is 23.2. The summed E-state index contributed by atoms with van der Waals surface area (Å²) >= 11 is 0. The van der Waals surface area contributed by atoms with Crippen molar-refractivity contribution in [2.75, 3.05) is 23.5 Å². The third-order valence-electron chi connectivity index (χ3n) is 6.39. The van der Waals surface area contributed by atoms with Crippen LogP contribution in [-0.2, 0) is 10.0 Å². The molecule has 3 N–H and O–H groups in total. The van der Waals surface area contributed by atoms with Crippen molar-refractivity contribution in [2.45, 2.75) is 44.9 Å². The molecular formula is C25H31N5O3S. The predicted molar refractivity (Wildman–Crippen MR) is 134 cm³/mol. The normalized spacial score (nSPS) is 16.1. The number of para-hydroxylation sites is 1. The number of piperidine rings is 1. The van der Waals surface area contributed by atoms with Crippen molar-refractivity contribution in [3.63, 3.8) is 0 Å². The number of nitrogens with two attached hydrogens (primary N) is 1. The quantitative estimate of drug-likeness (QED) is 0.542. The molecule has 0 spiro atoms. The molecule has 0 aliphatic carbocycles. The van der Waals surface area contributed by atoms with Crippen LogP contribution in [0.1, 0.15) is 50.4 Å². The van der Waals surface area contributed by atoms with E-state index in [0.717, 1.165) is 25.9 Å². The van der Waals surface area contributed by atoms with Gasteiger partial charge in [-0.1, -0.05) is 26.8 Å². The van der Waals surface area contributed by atoms with Crippen molar-refractivity contribution in [2.24, 2.45) is 11.3 Å². The Labute approximate surface area is 200 Å². The average molecular weight is 482 g/mol. The Morgan fingerprint density at radius 2 is 1.82 bits per heavy atom. The van der Waals surface area contributed by atoms with Crippen molar-refractivity contribution < 1.29 is 13.2 Å². The molecule has 2 heterocycles. The maximum atomic E-state index is 13.0. The number of benzene rings is 2. The minimum absolute atomic E-state index is 0.00964. The van der Waals surface area contributed by atoms with Crippen LogP contribution in [-0.4, -0.2) is 42.3 Å². The topological polar surface area (TPSA) is 118 Å². The van der Waals surface area contributed by atoms with Gasteiger partial charge in [-0.2, -0.15) is 0 Å². The van der Waals surface area contributed by atoms with Crippen LogP contribution in [0.5, 0.6) is 0 Å². The van der Waals surface area contributed by atoms with Gasteiger partial charge in [-0.3, -0.25) is 9.52 Å². The second-order valence-corrected chi connectivity index (χ2v) is 11.5. The van der Waals surface area contributed by atoms with Gasteiger partial charge in [-0.25, -0.2) is 18.4 Å². The lowest BCUT2D eigenvalue weighted by molar-refractivity contribution is 0.0570. The number of carbonyl (C=O) groups is 1. The highest BCUT2D eigenvalue weighted by Gasteiger charge is 2.32. The molecule has 8 nitrogen and oxygen atoms in total. The van der Waals surface area contributed by atoms with E-state index in [9.17, 15) is 13.2 Å². The van der Waals surface area contributed by atoms with Gasteiger partial charge < -0.3 is 10.6 Å². The third kappa shape index (κ3) is 5.14. The number of aromatic nitrogens is 2. The summed E-state index contributed by atoms with van der Waals surface area (Å²) in [7, 11) is -3.92. The molecule has 1 saturated heterocycles. The number of sulfonamides is 1. The van der Waals surface area contributed by atoms with Gasteiger partial charge in [0.05, 0.1) is 11.7 Å². The van der Waals surface area contributed by atoms with E-state index in [-0.39, 0.29) is 27.6 Å². The van der Waals surface area contributed by atoms with E-state index >= 15 is 0 Å². The lowest BCUT2D eigenvalue weighted by Gasteiger charge is -2.40. The monoisotopic (exact) mass is 481 g/mol. The molecule has 0 bridgehead atoms. The first-order valence-corrected chi connectivity index (χ1v) is 13.0. The number of fused-ring (bicyclic) bond motifs is 1. The molecule has 1 fully saturated rings. The van der Waals surface area contributed by atoms with Crippen LogP contribution in [0.15, 0.2) is 53.6 Å². The summed E-state index contributed by atoms with van der Waals surface area (Å²) < 4.78 is 28.6. The Morgan fingerprint density at radius 1 is 1.15 bits per heavy atom. The zero-order valence-electron chi connectivity index (χ0n) is 19.8. The molecule has 9 heteroatoms. The van der Waals surface area contributed by atoms with E-state index in [0.29, 0.717) is 22.7 Å². The number of anilines is 2. The van der Waals surface area contributed by atoms with Crippen LogP contribution in [0.25, 0.3) is 11.0 Å². The maximum Gasteiger partial charge on any atom is 0.264 e. The van der Waals surface area contributed by atoms with Gasteiger partial charge in [-0.15, -0.1) is 0 Å². The largest absolute Gasteiger partial charge is 0.382 e. The van der Waals surface area contributed by atoms with Gasteiger partial charge in [0.2, 0.25) is 0 Å². The second-order valence-electron chi connectivity index (χ2n) is 9.80. The summed E-state index contributed by atoms with van der Waals surface area (Å²) in [6, 6.07) is 11.2. The molecule has 4 rings (SSSR count). The summed E-state index contributed by atoms with van der Waals surface area (Å²) in [6.07, 6.45) is 4.48. The van der Waals surface area contributed by atoms with Crippen LogP contribution in [0, 0.1) is 11.3 Å². The third-order valence-corrected chi connectivity index (χ3v) is 7.80. The molecule has 3 aromatic rings. The Hall–Kier alpha value is -3.20. The molecule has 0 atom stereocenters. The lowest BCUT2D eigenvalue weighted by atomic mass is 9.74. The molecule has 0 saturated carbocycles. The summed E-state index contributed by atoms with van der Waals surface area (Å²) in [5, 5.41) is 0. The summed E-state index contributed by atoms with van der Waals surface area (Å²) in [5.74, 6) is 0.832. The van der Waals surface area contributed by atoms with Gasteiger partial charge >= 0.3 is 0 Å². The number of nitrogen functional groups attached to an aromatic ring is 1. The molecule has 1 amide bonds. The van der Waals surface area contributed by atoms with Crippen LogP contribution < -0.4 is 10.5 Å². The Bertz CT molecular complexity index is 1300. The van der Waals surface area contributed by atoms with E-state index in [2.05, 4.69) is 35.5 Å². The predicted octanol–water partition coefficient (Wildman–Crippen LogP) is 4.30. The first-order chi connectivity index (χ1) is 16.1.